The third kappa shape index (κ3) is 6.26. The molecule has 4 N–H and O–H groups in total. The summed E-state index contributed by atoms with van der Waals surface area (Å²) in [5.74, 6) is 0.512. The molecule has 188 valence electrons. The van der Waals surface area contributed by atoms with Gasteiger partial charge in [0.1, 0.15) is 12.1 Å². The van der Waals surface area contributed by atoms with Crippen LogP contribution >= 0.6 is 35.7 Å². The van der Waals surface area contributed by atoms with Gasteiger partial charge in [0.2, 0.25) is 11.8 Å². The van der Waals surface area contributed by atoms with Crippen molar-refractivity contribution in [3.8, 4) is 0 Å². The van der Waals surface area contributed by atoms with Crippen molar-refractivity contribution in [2.75, 3.05) is 25.7 Å². The van der Waals surface area contributed by atoms with Crippen LogP contribution in [0.25, 0.3) is 0 Å². The first-order chi connectivity index (χ1) is 16.2. The second-order valence-corrected chi connectivity index (χ2v) is 12.3. The van der Waals surface area contributed by atoms with E-state index in [-0.39, 0.29) is 29.2 Å². The van der Waals surface area contributed by atoms with Crippen molar-refractivity contribution in [2.45, 2.75) is 62.0 Å². The number of benzene rings is 1. The zero-order chi connectivity index (χ0) is 24.9. The maximum absolute atomic E-state index is 13.8. The Hall–Kier alpha value is -1.33. The topological polar surface area (TPSA) is 93.7 Å². The number of aliphatic hydroxyl groups excluding tert-OH is 1. The first-order valence-electron chi connectivity index (χ1n) is 11.6. The summed E-state index contributed by atoms with van der Waals surface area (Å²) in [7, 11) is 1.90. The molecule has 3 rings (SSSR count). The number of nitrogens with one attached hydrogen (secondary N) is 3. The second kappa shape index (κ2) is 12.1. The van der Waals surface area contributed by atoms with Crippen molar-refractivity contribution < 1.29 is 14.7 Å². The fraction of sp³-hybridized carbons (Fsp3) is 0.625. The molecule has 2 aliphatic heterocycles. The smallest absolute Gasteiger partial charge is 0.246 e. The lowest BCUT2D eigenvalue weighted by atomic mass is 9.84. The van der Waals surface area contributed by atoms with Crippen LogP contribution in [0, 0.1) is 5.41 Å². The molecule has 4 unspecified atom stereocenters. The first-order valence-corrected chi connectivity index (χ1v) is 14.4. The molecule has 0 bridgehead atoms. The van der Waals surface area contributed by atoms with Gasteiger partial charge in [0.15, 0.2) is 0 Å². The molecule has 1 aromatic rings. The van der Waals surface area contributed by atoms with E-state index in [1.54, 1.807) is 28.4 Å². The molecule has 2 heterocycles. The Balaban J connectivity index is 1.79. The van der Waals surface area contributed by atoms with Crippen molar-refractivity contribution in [3.63, 3.8) is 0 Å². The molecule has 1 aromatic carbocycles. The van der Waals surface area contributed by atoms with Gasteiger partial charge in [-0.25, -0.2) is 0 Å². The zero-order valence-electron chi connectivity index (χ0n) is 20.2. The van der Waals surface area contributed by atoms with Crippen LogP contribution in [0.1, 0.15) is 44.7 Å². The highest BCUT2D eigenvalue weighted by atomic mass is 32.2. The Morgan fingerprint density at radius 3 is 2.68 bits per heavy atom. The van der Waals surface area contributed by atoms with Crippen molar-refractivity contribution in [1.29, 1.82) is 0 Å². The van der Waals surface area contributed by atoms with Crippen LogP contribution in [0.15, 0.2) is 30.3 Å². The third-order valence-corrected chi connectivity index (χ3v) is 9.07. The summed E-state index contributed by atoms with van der Waals surface area (Å²) < 4.78 is 0. The van der Waals surface area contributed by atoms with E-state index in [9.17, 15) is 14.7 Å². The maximum Gasteiger partial charge on any atom is 0.246 e. The highest BCUT2D eigenvalue weighted by Gasteiger charge is 2.54. The fourth-order valence-corrected chi connectivity index (χ4v) is 7.31. The summed E-state index contributed by atoms with van der Waals surface area (Å²) in [6.07, 6.45) is 4.06. The lowest BCUT2D eigenvalue weighted by molar-refractivity contribution is -0.142. The zero-order valence-corrected chi connectivity index (χ0v) is 22.7. The number of nitrogens with zero attached hydrogens (tertiary/aromatic N) is 1. The maximum atomic E-state index is 13.8. The van der Waals surface area contributed by atoms with Crippen LogP contribution in [0.2, 0.25) is 0 Å². The third-order valence-electron chi connectivity index (χ3n) is 6.56. The molecule has 2 fully saturated rings. The number of rotatable bonds is 9. The molecule has 10 heteroatoms. The van der Waals surface area contributed by atoms with E-state index in [2.05, 4.69) is 16.0 Å². The molecule has 0 aliphatic carbocycles. The minimum Gasteiger partial charge on any atom is -0.394 e. The highest BCUT2D eigenvalue weighted by Crippen LogP contribution is 2.46. The van der Waals surface area contributed by atoms with Gasteiger partial charge in [0.25, 0.3) is 0 Å². The summed E-state index contributed by atoms with van der Waals surface area (Å²) in [6.45, 7) is 3.87. The predicted octanol–water partition coefficient (Wildman–Crippen LogP) is 2.51. The fourth-order valence-electron chi connectivity index (χ4n) is 4.75. The van der Waals surface area contributed by atoms with Crippen molar-refractivity contribution in [1.82, 2.24) is 20.9 Å². The lowest BCUT2D eigenvalue weighted by Gasteiger charge is -2.35. The van der Waals surface area contributed by atoms with Gasteiger partial charge in [-0.3, -0.25) is 9.59 Å². The average Bonchev–Trinajstić information content (AvgIpc) is 3.01. The van der Waals surface area contributed by atoms with Gasteiger partial charge in [-0.1, -0.05) is 56.4 Å². The van der Waals surface area contributed by atoms with Crippen LogP contribution in [-0.4, -0.2) is 75.3 Å². The number of thiocarbonyl (C=S) groups is 1. The number of carbonyl (C=O) groups is 2. The molecule has 2 saturated heterocycles. The van der Waals surface area contributed by atoms with Crippen LogP contribution in [0.3, 0.4) is 0 Å². The molecular formula is C24H36N4O3S3. The number of amides is 2. The Labute approximate surface area is 216 Å². The molecule has 0 radical (unpaired) electrons. The normalized spacial score (nSPS) is 25.7. The van der Waals surface area contributed by atoms with Crippen molar-refractivity contribution >= 4 is 52.5 Å². The number of hydrogen-bond acceptors (Lipinski definition) is 7. The van der Waals surface area contributed by atoms with E-state index in [4.69, 9.17) is 12.2 Å². The van der Waals surface area contributed by atoms with E-state index < -0.39 is 23.5 Å². The average molecular weight is 525 g/mol. The summed E-state index contributed by atoms with van der Waals surface area (Å²) in [4.78, 5) is 29.8. The summed E-state index contributed by atoms with van der Waals surface area (Å²) >= 11 is 8.98. The lowest BCUT2D eigenvalue weighted by Crippen LogP contribution is -2.57. The van der Waals surface area contributed by atoms with E-state index in [0.29, 0.717) is 17.8 Å². The Bertz CT molecular complexity index is 866. The Kier molecular flexibility index (Phi) is 9.68. The molecule has 5 atom stereocenters. The molecule has 2 aliphatic rings. The van der Waals surface area contributed by atoms with E-state index in [1.165, 1.54) is 0 Å². The van der Waals surface area contributed by atoms with Crippen LogP contribution in [-0.2, 0) is 9.59 Å². The Morgan fingerprint density at radius 1 is 1.35 bits per heavy atom. The molecule has 2 amide bonds. The quantitative estimate of drug-likeness (QED) is 0.289. The monoisotopic (exact) mass is 524 g/mol. The van der Waals surface area contributed by atoms with Gasteiger partial charge < -0.3 is 26.0 Å². The van der Waals surface area contributed by atoms with Gasteiger partial charge in [-0.05, 0) is 42.9 Å². The molecule has 7 nitrogen and oxygen atoms in total. The predicted molar refractivity (Wildman–Crippen MR) is 145 cm³/mol. The van der Waals surface area contributed by atoms with Gasteiger partial charge in [0, 0.05) is 6.42 Å². The summed E-state index contributed by atoms with van der Waals surface area (Å²) in [5.41, 5.74) is 0.437. The summed E-state index contributed by atoms with van der Waals surface area (Å²) in [6, 6.07) is 7.82. The number of hydrogen-bond donors (Lipinski definition) is 4. The SMILES string of the molecule is CNC(CC(=S)NC1CCSC2CC(C)(C)C(C(=O)N[C@H](CO)c3ccccc3)N2C1=O)SC. The summed E-state index contributed by atoms with van der Waals surface area (Å²) in [5, 5.41) is 19.6. The van der Waals surface area contributed by atoms with Crippen LogP contribution in [0.4, 0.5) is 0 Å². The minimum atomic E-state index is -0.623. The van der Waals surface area contributed by atoms with Gasteiger partial charge in [0.05, 0.1) is 28.4 Å². The van der Waals surface area contributed by atoms with E-state index >= 15 is 0 Å². The molecule has 0 aromatic heterocycles. The molecule has 0 spiro atoms. The highest BCUT2D eigenvalue weighted by molar-refractivity contribution is 7.99. The van der Waals surface area contributed by atoms with Gasteiger partial charge >= 0.3 is 0 Å². The number of fused-ring (bicyclic) bond motifs is 1. The standard InChI is InChI=1S/C24H36N4O3S3/c1-24(2)13-20-28(21(24)22(30)27-17(14-29)15-8-6-5-7-9-15)23(31)16(10-11-34-20)26-18(32)12-19(25-3)33-4/h5-9,16-17,19-21,25,29H,10-14H2,1-4H3,(H,26,32)(H,27,30)/t16?,17-,19?,20?,21?/m1/s1. The second-order valence-electron chi connectivity index (χ2n) is 9.45. The number of aliphatic hydroxyl groups is 1. The minimum absolute atomic E-state index is 0.0563. The van der Waals surface area contributed by atoms with Gasteiger partial charge in [-0.2, -0.15) is 0 Å². The van der Waals surface area contributed by atoms with Crippen LogP contribution in [0.5, 0.6) is 0 Å². The van der Waals surface area contributed by atoms with E-state index in [0.717, 1.165) is 17.7 Å². The molecular weight excluding hydrogens is 488 g/mol. The largest absolute Gasteiger partial charge is 0.394 e. The Morgan fingerprint density at radius 2 is 2.06 bits per heavy atom. The number of thioether (sulfide) groups is 2. The van der Waals surface area contributed by atoms with Crippen molar-refractivity contribution in [2.24, 2.45) is 5.41 Å². The van der Waals surface area contributed by atoms with E-state index in [1.807, 2.05) is 57.5 Å². The van der Waals surface area contributed by atoms with Gasteiger partial charge in [-0.15, -0.1) is 23.5 Å². The molecule has 34 heavy (non-hydrogen) atoms. The first kappa shape index (κ1) is 27.3. The number of carbonyl (C=O) groups excluding carboxylic acids is 2. The van der Waals surface area contributed by atoms with Crippen molar-refractivity contribution in [3.05, 3.63) is 35.9 Å². The van der Waals surface area contributed by atoms with Crippen LogP contribution < -0.4 is 16.0 Å². The molecule has 0 saturated carbocycles.